The molecule has 0 heterocycles. The van der Waals surface area contributed by atoms with Gasteiger partial charge in [-0.1, -0.05) is 38.8 Å². The van der Waals surface area contributed by atoms with Gasteiger partial charge in [-0.2, -0.15) is 0 Å². The molecule has 1 aromatic carbocycles. The number of benzene rings is 1. The van der Waals surface area contributed by atoms with E-state index in [2.05, 4.69) is 13.8 Å². The fraction of sp³-hybridized carbons (Fsp3) is 0.571. The molecule has 0 aliphatic heterocycles. The molecule has 0 fully saturated rings. The van der Waals surface area contributed by atoms with Gasteiger partial charge in [-0.25, -0.2) is 4.39 Å². The van der Waals surface area contributed by atoms with Crippen LogP contribution in [0.1, 0.15) is 32.3 Å². The summed E-state index contributed by atoms with van der Waals surface area (Å²) >= 11 is 0. The van der Waals surface area contributed by atoms with Crippen molar-refractivity contribution in [2.45, 2.75) is 33.1 Å². The first-order valence-corrected chi connectivity index (χ1v) is 6.15. The summed E-state index contributed by atoms with van der Waals surface area (Å²) in [6, 6.07) is 6.77. The molecule has 0 radical (unpaired) electrons. The molecule has 0 saturated carbocycles. The first-order chi connectivity index (χ1) is 7.71. The van der Waals surface area contributed by atoms with Crippen LogP contribution in [0.15, 0.2) is 24.3 Å². The zero-order chi connectivity index (χ0) is 12.0. The smallest absolute Gasteiger partial charge is 0.123 e. The second kappa shape index (κ2) is 6.64. The molecule has 0 spiro atoms. The maximum Gasteiger partial charge on any atom is 0.123 e. The molecule has 1 nitrogen and oxygen atoms in total. The molecule has 1 rings (SSSR count). The minimum absolute atomic E-state index is 0.171. The van der Waals surface area contributed by atoms with Gasteiger partial charge in [0.25, 0.3) is 0 Å². The largest absolute Gasteiger partial charge is 0.330 e. The van der Waals surface area contributed by atoms with Gasteiger partial charge in [0.05, 0.1) is 0 Å². The number of rotatable bonds is 6. The maximum atomic E-state index is 12.8. The van der Waals surface area contributed by atoms with E-state index >= 15 is 0 Å². The van der Waals surface area contributed by atoms with Gasteiger partial charge in [0.2, 0.25) is 0 Å². The van der Waals surface area contributed by atoms with E-state index in [0.717, 1.165) is 6.42 Å². The van der Waals surface area contributed by atoms with Crippen LogP contribution < -0.4 is 5.73 Å². The topological polar surface area (TPSA) is 26.0 Å². The summed E-state index contributed by atoms with van der Waals surface area (Å²) in [5, 5.41) is 0. The summed E-state index contributed by atoms with van der Waals surface area (Å²) in [6.07, 6.45) is 3.29. The molecule has 1 aromatic rings. The average molecular weight is 223 g/mol. The molecule has 90 valence electrons. The van der Waals surface area contributed by atoms with E-state index in [0.29, 0.717) is 18.4 Å². The van der Waals surface area contributed by atoms with Crippen LogP contribution in [-0.2, 0) is 6.42 Å². The zero-order valence-corrected chi connectivity index (χ0v) is 10.2. The molecule has 0 bridgehead atoms. The van der Waals surface area contributed by atoms with Gasteiger partial charge < -0.3 is 5.73 Å². The number of halogens is 1. The van der Waals surface area contributed by atoms with Gasteiger partial charge in [0.1, 0.15) is 5.82 Å². The molecule has 1 atom stereocenters. The molecule has 0 aliphatic rings. The molecule has 0 saturated heterocycles. The predicted molar refractivity (Wildman–Crippen MR) is 66.7 cm³/mol. The van der Waals surface area contributed by atoms with E-state index in [1.807, 2.05) is 12.1 Å². The van der Waals surface area contributed by atoms with Crippen molar-refractivity contribution in [3.05, 3.63) is 35.6 Å². The zero-order valence-electron chi connectivity index (χ0n) is 10.2. The van der Waals surface area contributed by atoms with Crippen molar-refractivity contribution in [1.29, 1.82) is 0 Å². The van der Waals surface area contributed by atoms with Crippen molar-refractivity contribution in [1.82, 2.24) is 0 Å². The standard InChI is InChI=1S/C14H22FN/c1-3-12(4-2)13(10-16)9-11-5-7-14(15)8-6-11/h5-8,12-13H,3-4,9-10,16H2,1-2H3. The minimum Gasteiger partial charge on any atom is -0.330 e. The van der Waals surface area contributed by atoms with E-state index in [1.165, 1.54) is 30.5 Å². The third kappa shape index (κ3) is 3.60. The van der Waals surface area contributed by atoms with Gasteiger partial charge in [-0.3, -0.25) is 0 Å². The number of nitrogens with two attached hydrogens (primary N) is 1. The Morgan fingerprint density at radius 3 is 2.06 bits per heavy atom. The SMILES string of the molecule is CCC(CC)C(CN)Cc1ccc(F)cc1. The highest BCUT2D eigenvalue weighted by molar-refractivity contribution is 5.16. The summed E-state index contributed by atoms with van der Waals surface area (Å²) in [4.78, 5) is 0. The van der Waals surface area contributed by atoms with Crippen LogP contribution in [0.2, 0.25) is 0 Å². The van der Waals surface area contributed by atoms with E-state index in [-0.39, 0.29) is 5.82 Å². The van der Waals surface area contributed by atoms with Crippen molar-refractivity contribution in [2.24, 2.45) is 17.6 Å². The van der Waals surface area contributed by atoms with Crippen LogP contribution in [0.4, 0.5) is 4.39 Å². The second-order valence-corrected chi connectivity index (χ2v) is 4.40. The summed E-state index contributed by atoms with van der Waals surface area (Å²) in [7, 11) is 0. The van der Waals surface area contributed by atoms with Crippen molar-refractivity contribution in [2.75, 3.05) is 6.54 Å². The summed E-state index contributed by atoms with van der Waals surface area (Å²) in [5.41, 5.74) is 7.01. The Morgan fingerprint density at radius 2 is 1.62 bits per heavy atom. The van der Waals surface area contributed by atoms with Crippen LogP contribution in [0.25, 0.3) is 0 Å². The fourth-order valence-electron chi connectivity index (χ4n) is 2.32. The summed E-state index contributed by atoms with van der Waals surface area (Å²) in [5.74, 6) is 1.02. The molecule has 0 amide bonds. The Hall–Kier alpha value is -0.890. The van der Waals surface area contributed by atoms with Crippen molar-refractivity contribution in [3.8, 4) is 0 Å². The predicted octanol–water partition coefficient (Wildman–Crippen LogP) is 3.38. The lowest BCUT2D eigenvalue weighted by Gasteiger charge is -2.23. The number of hydrogen-bond acceptors (Lipinski definition) is 1. The second-order valence-electron chi connectivity index (χ2n) is 4.40. The van der Waals surface area contributed by atoms with E-state index < -0.39 is 0 Å². The molecule has 2 heteroatoms. The quantitative estimate of drug-likeness (QED) is 0.786. The molecule has 0 aliphatic carbocycles. The Balaban J connectivity index is 2.65. The Bertz CT molecular complexity index is 290. The van der Waals surface area contributed by atoms with Crippen LogP contribution >= 0.6 is 0 Å². The maximum absolute atomic E-state index is 12.8. The Morgan fingerprint density at radius 1 is 1.06 bits per heavy atom. The van der Waals surface area contributed by atoms with Crippen molar-refractivity contribution >= 4 is 0 Å². The third-order valence-corrected chi connectivity index (χ3v) is 3.43. The number of hydrogen-bond donors (Lipinski definition) is 1. The first-order valence-electron chi connectivity index (χ1n) is 6.15. The van der Waals surface area contributed by atoms with Crippen LogP contribution in [-0.4, -0.2) is 6.54 Å². The van der Waals surface area contributed by atoms with E-state index in [9.17, 15) is 4.39 Å². The summed E-state index contributed by atoms with van der Waals surface area (Å²) in [6.45, 7) is 5.13. The van der Waals surface area contributed by atoms with Gasteiger partial charge in [0.15, 0.2) is 0 Å². The highest BCUT2D eigenvalue weighted by Crippen LogP contribution is 2.22. The molecular formula is C14H22FN. The molecule has 0 aromatic heterocycles. The van der Waals surface area contributed by atoms with Gasteiger partial charge in [0, 0.05) is 0 Å². The lowest BCUT2D eigenvalue weighted by atomic mass is 9.83. The average Bonchev–Trinajstić information content (AvgIpc) is 2.32. The molecule has 1 unspecified atom stereocenters. The van der Waals surface area contributed by atoms with Crippen molar-refractivity contribution < 1.29 is 4.39 Å². The Labute approximate surface area is 97.9 Å². The Kier molecular flexibility index (Phi) is 5.47. The highest BCUT2D eigenvalue weighted by atomic mass is 19.1. The van der Waals surface area contributed by atoms with Crippen LogP contribution in [0.3, 0.4) is 0 Å². The van der Waals surface area contributed by atoms with E-state index in [1.54, 1.807) is 0 Å². The molecular weight excluding hydrogens is 201 g/mol. The van der Waals surface area contributed by atoms with Crippen LogP contribution in [0.5, 0.6) is 0 Å². The normalized spacial score (nSPS) is 13.1. The lowest BCUT2D eigenvalue weighted by Crippen LogP contribution is -2.25. The van der Waals surface area contributed by atoms with Gasteiger partial charge >= 0.3 is 0 Å². The monoisotopic (exact) mass is 223 g/mol. The fourth-order valence-corrected chi connectivity index (χ4v) is 2.32. The van der Waals surface area contributed by atoms with Gasteiger partial charge in [-0.15, -0.1) is 0 Å². The molecule has 16 heavy (non-hydrogen) atoms. The highest BCUT2D eigenvalue weighted by Gasteiger charge is 2.17. The van der Waals surface area contributed by atoms with Crippen molar-refractivity contribution in [3.63, 3.8) is 0 Å². The van der Waals surface area contributed by atoms with E-state index in [4.69, 9.17) is 5.73 Å². The third-order valence-electron chi connectivity index (χ3n) is 3.43. The van der Waals surface area contributed by atoms with Crippen LogP contribution in [0, 0.1) is 17.7 Å². The first kappa shape index (κ1) is 13.2. The molecule has 2 N–H and O–H groups in total. The minimum atomic E-state index is -0.171. The summed E-state index contributed by atoms with van der Waals surface area (Å²) < 4.78 is 12.8. The van der Waals surface area contributed by atoms with Gasteiger partial charge in [-0.05, 0) is 42.5 Å². The lowest BCUT2D eigenvalue weighted by molar-refractivity contribution is 0.318.